The number of methoxy groups -OCH3 is 2. The Morgan fingerprint density at radius 3 is 2.52 bits per heavy atom. The van der Waals surface area contributed by atoms with E-state index in [9.17, 15) is 5.26 Å². The predicted octanol–water partition coefficient (Wildman–Crippen LogP) is 3.06. The molecule has 3 atom stereocenters. The summed E-state index contributed by atoms with van der Waals surface area (Å²) in [6, 6.07) is 13.4. The number of ether oxygens (including phenoxy) is 2. The average Bonchev–Trinajstić information content (AvgIpc) is 3.50. The molecule has 0 amide bonds. The van der Waals surface area contributed by atoms with Crippen molar-refractivity contribution < 1.29 is 9.47 Å². The number of nitrogens with zero attached hydrogens (tertiary/aromatic N) is 7. The fourth-order valence-corrected chi connectivity index (χ4v) is 6.09. The van der Waals surface area contributed by atoms with Crippen LogP contribution in [0.1, 0.15) is 24.1 Å². The number of nitrogens with two attached hydrogens (primary N) is 1. The third-order valence-electron chi connectivity index (χ3n) is 8.36. The highest BCUT2D eigenvalue weighted by atomic mass is 16.5. The minimum Gasteiger partial charge on any atom is -0.481 e. The fraction of sp³-hybridized carbons (Fsp3) is 0.400. The lowest BCUT2D eigenvalue weighted by atomic mass is 9.87. The minimum absolute atomic E-state index is 0.210. The van der Waals surface area contributed by atoms with E-state index in [2.05, 4.69) is 55.0 Å². The normalized spacial score (nSPS) is 22.6. The maximum absolute atomic E-state index is 9.68. The van der Waals surface area contributed by atoms with E-state index in [0.29, 0.717) is 29.2 Å². The Labute approximate surface area is 234 Å². The van der Waals surface area contributed by atoms with Crippen LogP contribution in [0.2, 0.25) is 0 Å². The largest absolute Gasteiger partial charge is 0.481 e. The van der Waals surface area contributed by atoms with Gasteiger partial charge in [-0.15, -0.1) is 0 Å². The third kappa shape index (κ3) is 4.94. The molecule has 2 N–H and O–H groups in total. The van der Waals surface area contributed by atoms with Gasteiger partial charge in [0.15, 0.2) is 0 Å². The molecule has 10 nitrogen and oxygen atoms in total. The maximum atomic E-state index is 9.68. The van der Waals surface area contributed by atoms with Gasteiger partial charge in [0.2, 0.25) is 5.88 Å². The van der Waals surface area contributed by atoms with Crippen molar-refractivity contribution in [2.75, 3.05) is 50.2 Å². The second-order valence-corrected chi connectivity index (χ2v) is 10.6. The summed E-state index contributed by atoms with van der Waals surface area (Å²) in [5, 5.41) is 9.68. The van der Waals surface area contributed by atoms with E-state index in [1.165, 1.54) is 18.2 Å². The van der Waals surface area contributed by atoms with Gasteiger partial charge in [0.25, 0.3) is 0 Å². The van der Waals surface area contributed by atoms with Crippen molar-refractivity contribution in [3.05, 3.63) is 66.4 Å². The Morgan fingerprint density at radius 1 is 1.05 bits per heavy atom. The number of allylic oxidation sites excluding steroid dienone is 1. The standard InChI is InChI=1S/C30H34N8O2/c1-39-26-7-8-36(19-26)23-10-27(30(35-15-23)22(11-31)12-32)21-4-5-28(33-14-21)37-17-24-9-25(18-37)38(24)16-20-3-6-29(40-2)34-13-20/h3-6,10-11,13-15,24-26H,7-9,16-19,31H2,1-2H3/t24?,25?,26-/m0/s1. The first kappa shape index (κ1) is 26.0. The van der Waals surface area contributed by atoms with Gasteiger partial charge in [0, 0.05) is 87.7 Å². The van der Waals surface area contributed by atoms with Crippen LogP contribution in [-0.4, -0.2) is 78.4 Å². The summed E-state index contributed by atoms with van der Waals surface area (Å²) in [6.07, 6.45) is 9.31. The molecule has 7 heterocycles. The van der Waals surface area contributed by atoms with Gasteiger partial charge in [-0.2, -0.15) is 5.26 Å². The average molecular weight is 539 g/mol. The van der Waals surface area contributed by atoms with Crippen molar-refractivity contribution in [3.8, 4) is 23.1 Å². The number of hydrogen-bond acceptors (Lipinski definition) is 10. The van der Waals surface area contributed by atoms with Gasteiger partial charge >= 0.3 is 0 Å². The first-order chi connectivity index (χ1) is 19.6. The molecule has 4 fully saturated rings. The molecule has 3 aromatic rings. The van der Waals surface area contributed by atoms with Gasteiger partial charge < -0.3 is 25.0 Å². The number of piperidine rings is 1. The zero-order valence-corrected chi connectivity index (χ0v) is 22.9. The van der Waals surface area contributed by atoms with Crippen LogP contribution in [0.3, 0.4) is 0 Å². The van der Waals surface area contributed by atoms with E-state index in [-0.39, 0.29) is 6.10 Å². The maximum Gasteiger partial charge on any atom is 0.212 e. The third-order valence-corrected chi connectivity index (χ3v) is 8.36. The topological polar surface area (TPSA) is 117 Å². The fourth-order valence-electron chi connectivity index (χ4n) is 6.09. The number of pyridine rings is 3. The second-order valence-electron chi connectivity index (χ2n) is 10.6. The summed E-state index contributed by atoms with van der Waals surface area (Å²) in [6.45, 7) is 4.50. The molecule has 10 heteroatoms. The lowest BCUT2D eigenvalue weighted by Crippen LogP contribution is -2.68. The first-order valence-corrected chi connectivity index (χ1v) is 13.7. The summed E-state index contributed by atoms with van der Waals surface area (Å²) in [5.41, 5.74) is 10.6. The molecule has 4 saturated heterocycles. The predicted molar refractivity (Wildman–Crippen MR) is 154 cm³/mol. The zero-order chi connectivity index (χ0) is 27.6. The molecule has 40 heavy (non-hydrogen) atoms. The molecule has 0 saturated carbocycles. The van der Waals surface area contributed by atoms with Gasteiger partial charge in [0.1, 0.15) is 11.9 Å². The van der Waals surface area contributed by atoms with Crippen LogP contribution < -0.4 is 20.3 Å². The summed E-state index contributed by atoms with van der Waals surface area (Å²) >= 11 is 0. The van der Waals surface area contributed by atoms with Crippen LogP contribution in [0.5, 0.6) is 5.88 Å². The lowest BCUT2D eigenvalue weighted by molar-refractivity contribution is -0.00876. The Morgan fingerprint density at radius 2 is 1.90 bits per heavy atom. The number of hydrogen-bond donors (Lipinski definition) is 1. The van der Waals surface area contributed by atoms with Crippen LogP contribution in [-0.2, 0) is 11.3 Å². The van der Waals surface area contributed by atoms with Gasteiger partial charge in [0.05, 0.1) is 36.4 Å². The highest BCUT2D eigenvalue weighted by molar-refractivity contribution is 5.86. The smallest absolute Gasteiger partial charge is 0.212 e. The number of piperazine rings is 1. The van der Waals surface area contributed by atoms with E-state index in [4.69, 9.17) is 20.2 Å². The van der Waals surface area contributed by atoms with Gasteiger partial charge in [-0.25, -0.2) is 9.97 Å². The van der Waals surface area contributed by atoms with Gasteiger partial charge in [-0.3, -0.25) is 9.88 Å². The lowest BCUT2D eigenvalue weighted by Gasteiger charge is -2.56. The Bertz CT molecular complexity index is 1410. The second kappa shape index (κ2) is 11.1. The Hall–Kier alpha value is -4.20. The minimum atomic E-state index is 0.210. The molecule has 2 unspecified atom stereocenters. The highest BCUT2D eigenvalue weighted by Gasteiger charge is 2.44. The summed E-state index contributed by atoms with van der Waals surface area (Å²) < 4.78 is 10.7. The van der Waals surface area contributed by atoms with E-state index < -0.39 is 0 Å². The van der Waals surface area contributed by atoms with Crippen molar-refractivity contribution in [2.45, 2.75) is 37.6 Å². The van der Waals surface area contributed by atoms with Crippen molar-refractivity contribution in [1.29, 1.82) is 5.26 Å². The van der Waals surface area contributed by atoms with Crippen LogP contribution in [0.15, 0.2) is 55.1 Å². The molecule has 4 aliphatic rings. The summed E-state index contributed by atoms with van der Waals surface area (Å²) in [5.74, 6) is 1.61. The number of aromatic nitrogens is 3. The molecule has 0 spiro atoms. The van der Waals surface area contributed by atoms with Crippen molar-refractivity contribution in [2.24, 2.45) is 5.73 Å². The molecule has 7 rings (SSSR count). The zero-order valence-electron chi connectivity index (χ0n) is 22.9. The SMILES string of the molecule is COc1ccc(CN2C3CC2CN(c2ccc(-c4cc(N5CC[C@H](OC)C5)cnc4C(C#N)=CN)cn2)C3)cn1. The van der Waals surface area contributed by atoms with Crippen LogP contribution >= 0.6 is 0 Å². The highest BCUT2D eigenvalue weighted by Crippen LogP contribution is 2.37. The van der Waals surface area contributed by atoms with Crippen molar-refractivity contribution in [1.82, 2.24) is 19.9 Å². The van der Waals surface area contributed by atoms with E-state index in [1.807, 2.05) is 24.7 Å². The molecule has 206 valence electrons. The van der Waals surface area contributed by atoms with Gasteiger partial charge in [-0.1, -0.05) is 6.07 Å². The number of anilines is 2. The molecule has 0 aliphatic carbocycles. The van der Waals surface area contributed by atoms with E-state index in [1.54, 1.807) is 14.2 Å². The van der Waals surface area contributed by atoms with E-state index >= 15 is 0 Å². The van der Waals surface area contributed by atoms with Crippen LogP contribution in [0.25, 0.3) is 16.7 Å². The van der Waals surface area contributed by atoms with Gasteiger partial charge in [-0.05, 0) is 36.6 Å². The quantitative estimate of drug-likeness (QED) is 0.429. The first-order valence-electron chi connectivity index (χ1n) is 13.7. The number of fused-ring (bicyclic) bond motifs is 2. The number of nitriles is 1. The Balaban J connectivity index is 1.18. The summed E-state index contributed by atoms with van der Waals surface area (Å²) in [4.78, 5) is 21.1. The molecular weight excluding hydrogens is 504 g/mol. The van der Waals surface area contributed by atoms with Crippen LogP contribution in [0.4, 0.5) is 11.5 Å². The molecule has 0 aromatic carbocycles. The number of rotatable bonds is 8. The van der Waals surface area contributed by atoms with Crippen molar-refractivity contribution in [3.63, 3.8) is 0 Å². The molecule has 3 aromatic heterocycles. The van der Waals surface area contributed by atoms with Crippen LogP contribution in [0, 0.1) is 11.3 Å². The molecule has 2 bridgehead atoms. The summed E-state index contributed by atoms with van der Waals surface area (Å²) in [7, 11) is 3.39. The van der Waals surface area contributed by atoms with E-state index in [0.717, 1.165) is 61.8 Å². The molecular formula is C30H34N8O2. The Kier molecular flexibility index (Phi) is 7.24. The molecule has 4 aliphatic heterocycles. The van der Waals surface area contributed by atoms with Crippen molar-refractivity contribution >= 4 is 17.1 Å². The monoisotopic (exact) mass is 538 g/mol. The molecule has 0 radical (unpaired) electrons.